The molecule has 0 bridgehead atoms. The quantitative estimate of drug-likeness (QED) is 0.853. The maximum atomic E-state index is 12.5. The van der Waals surface area contributed by atoms with Crippen molar-refractivity contribution < 1.29 is 14.4 Å². The zero-order chi connectivity index (χ0) is 17.6. The minimum absolute atomic E-state index is 0.0311. The average Bonchev–Trinajstić information content (AvgIpc) is 3.18. The first kappa shape index (κ1) is 15.7. The number of imide groups is 1. The molecule has 1 N–H and O–H groups in total. The molecule has 4 amide bonds. The molecule has 1 atom stereocenters. The van der Waals surface area contributed by atoms with Crippen LogP contribution in [0, 0.1) is 0 Å². The van der Waals surface area contributed by atoms with E-state index in [1.165, 1.54) is 7.05 Å². The van der Waals surface area contributed by atoms with Crippen molar-refractivity contribution in [3.63, 3.8) is 0 Å². The summed E-state index contributed by atoms with van der Waals surface area (Å²) in [6, 6.07) is 7.36. The van der Waals surface area contributed by atoms with Crippen molar-refractivity contribution in [2.24, 2.45) is 0 Å². The van der Waals surface area contributed by atoms with Gasteiger partial charge in [-0.25, -0.2) is 4.79 Å². The summed E-state index contributed by atoms with van der Waals surface area (Å²) in [6.07, 6.45) is 2.97. The van der Waals surface area contributed by atoms with Crippen molar-refractivity contribution in [3.8, 4) is 0 Å². The van der Waals surface area contributed by atoms with Crippen molar-refractivity contribution in [1.82, 2.24) is 19.7 Å². The number of rotatable bonds is 3. The van der Waals surface area contributed by atoms with Crippen LogP contribution in [-0.2, 0) is 16.0 Å². The summed E-state index contributed by atoms with van der Waals surface area (Å²) in [7, 11) is 1.49. The molecule has 0 radical (unpaired) electrons. The van der Waals surface area contributed by atoms with Gasteiger partial charge in [0.05, 0.1) is 6.54 Å². The Labute approximate surface area is 145 Å². The Kier molecular flexibility index (Phi) is 3.71. The second-order valence-electron chi connectivity index (χ2n) is 6.63. The number of carbonyl (C=O) groups is 3. The van der Waals surface area contributed by atoms with Gasteiger partial charge in [0.25, 0.3) is 5.91 Å². The molecule has 2 fully saturated rings. The van der Waals surface area contributed by atoms with Crippen LogP contribution in [0.15, 0.2) is 30.5 Å². The molecule has 2 aliphatic heterocycles. The summed E-state index contributed by atoms with van der Waals surface area (Å²) in [6.45, 7) is 1.20. The first-order valence-electron chi connectivity index (χ1n) is 8.46. The number of benzene rings is 1. The van der Waals surface area contributed by atoms with Crippen LogP contribution in [0.25, 0.3) is 10.9 Å². The number of aryl methyl sites for hydroxylation is 1. The Morgan fingerprint density at radius 1 is 1.24 bits per heavy atom. The number of urea groups is 1. The number of hydrogen-bond donors (Lipinski definition) is 1. The summed E-state index contributed by atoms with van der Waals surface area (Å²) >= 11 is 0. The number of piperazine rings is 1. The maximum Gasteiger partial charge on any atom is 0.327 e. The van der Waals surface area contributed by atoms with E-state index in [1.807, 2.05) is 24.4 Å². The molecule has 3 heterocycles. The Morgan fingerprint density at radius 2 is 2.08 bits per heavy atom. The minimum atomic E-state index is -0.522. The fourth-order valence-corrected chi connectivity index (χ4v) is 3.63. The van der Waals surface area contributed by atoms with E-state index in [9.17, 15) is 14.4 Å². The monoisotopic (exact) mass is 340 g/mol. The lowest BCUT2D eigenvalue weighted by Crippen LogP contribution is -2.54. The molecule has 2 aliphatic rings. The molecule has 0 spiro atoms. The normalized spacial score (nSPS) is 20.5. The molecule has 0 aliphatic carbocycles. The fraction of sp³-hybridized carbons (Fsp3) is 0.389. The Balaban J connectivity index is 1.38. The number of likely N-dealkylation sites (N-methyl/N-ethyl adjacent to an activating group) is 1. The minimum Gasteiger partial charge on any atom is -0.361 e. The fourth-order valence-electron chi connectivity index (χ4n) is 3.63. The van der Waals surface area contributed by atoms with E-state index in [4.69, 9.17) is 0 Å². The zero-order valence-electron chi connectivity index (χ0n) is 14.1. The van der Waals surface area contributed by atoms with Crippen LogP contribution in [0.1, 0.15) is 12.0 Å². The first-order valence-corrected chi connectivity index (χ1v) is 8.46. The number of fused-ring (bicyclic) bond motifs is 2. The van der Waals surface area contributed by atoms with Gasteiger partial charge in [-0.1, -0.05) is 6.07 Å². The first-order chi connectivity index (χ1) is 12.0. The highest BCUT2D eigenvalue weighted by Crippen LogP contribution is 2.21. The van der Waals surface area contributed by atoms with Gasteiger partial charge < -0.3 is 14.8 Å². The number of hydrogen-bond acceptors (Lipinski definition) is 3. The number of carbonyl (C=O) groups excluding carboxylic acids is 3. The summed E-state index contributed by atoms with van der Waals surface area (Å²) in [5, 5.41) is 1.14. The molecule has 2 aromatic rings. The van der Waals surface area contributed by atoms with E-state index in [0.717, 1.165) is 21.4 Å². The highest BCUT2D eigenvalue weighted by Gasteiger charge is 2.46. The summed E-state index contributed by atoms with van der Waals surface area (Å²) in [5.74, 6) is -0.191. The highest BCUT2D eigenvalue weighted by molar-refractivity contribution is 6.04. The molecule has 2 saturated heterocycles. The van der Waals surface area contributed by atoms with Crippen molar-refractivity contribution in [3.05, 3.63) is 36.0 Å². The molecular formula is C18H20N4O3. The van der Waals surface area contributed by atoms with Gasteiger partial charge in [0.1, 0.15) is 6.04 Å². The van der Waals surface area contributed by atoms with Crippen LogP contribution < -0.4 is 0 Å². The van der Waals surface area contributed by atoms with Gasteiger partial charge >= 0.3 is 6.03 Å². The standard InChI is InChI=1S/C18H20N4O3/c1-20-17(24)15-11-21(8-9-22(15)18(20)25)16(23)5-3-12-2-4-14-13(10-12)6-7-19-14/h2,4,6-7,10,15,19H,3,5,8-9,11H2,1H3. The maximum absolute atomic E-state index is 12.5. The van der Waals surface area contributed by atoms with E-state index < -0.39 is 6.04 Å². The van der Waals surface area contributed by atoms with E-state index in [0.29, 0.717) is 32.5 Å². The lowest BCUT2D eigenvalue weighted by atomic mass is 10.1. The number of amides is 4. The second kappa shape index (κ2) is 5.91. The molecule has 0 saturated carbocycles. The molecule has 1 unspecified atom stereocenters. The van der Waals surface area contributed by atoms with Crippen LogP contribution in [0.5, 0.6) is 0 Å². The van der Waals surface area contributed by atoms with Crippen LogP contribution >= 0.6 is 0 Å². The lowest BCUT2D eigenvalue weighted by molar-refractivity contribution is -0.136. The molecule has 130 valence electrons. The van der Waals surface area contributed by atoms with Gasteiger partial charge in [0.2, 0.25) is 5.91 Å². The molecule has 4 rings (SSSR count). The number of nitrogens with one attached hydrogen (secondary N) is 1. The third kappa shape index (κ3) is 2.65. The van der Waals surface area contributed by atoms with E-state index >= 15 is 0 Å². The molecule has 25 heavy (non-hydrogen) atoms. The van der Waals surface area contributed by atoms with E-state index in [1.54, 1.807) is 9.80 Å². The summed E-state index contributed by atoms with van der Waals surface area (Å²) < 4.78 is 0. The van der Waals surface area contributed by atoms with Gasteiger partial charge in [-0.2, -0.15) is 0 Å². The van der Waals surface area contributed by atoms with Crippen molar-refractivity contribution in [1.29, 1.82) is 0 Å². The van der Waals surface area contributed by atoms with Crippen molar-refractivity contribution in [2.45, 2.75) is 18.9 Å². The van der Waals surface area contributed by atoms with Crippen LogP contribution in [0.2, 0.25) is 0 Å². The number of aromatic amines is 1. The van der Waals surface area contributed by atoms with Crippen molar-refractivity contribution >= 4 is 28.7 Å². The molecular weight excluding hydrogens is 320 g/mol. The lowest BCUT2D eigenvalue weighted by Gasteiger charge is -2.35. The molecule has 7 nitrogen and oxygen atoms in total. The van der Waals surface area contributed by atoms with Crippen LogP contribution in [-0.4, -0.2) is 70.3 Å². The topological polar surface area (TPSA) is 76.7 Å². The van der Waals surface area contributed by atoms with Gasteiger partial charge in [-0.15, -0.1) is 0 Å². The van der Waals surface area contributed by atoms with Gasteiger partial charge in [-0.05, 0) is 35.6 Å². The largest absolute Gasteiger partial charge is 0.361 e. The van der Waals surface area contributed by atoms with Gasteiger partial charge in [0, 0.05) is 38.3 Å². The van der Waals surface area contributed by atoms with Gasteiger partial charge in [-0.3, -0.25) is 14.5 Å². The second-order valence-corrected chi connectivity index (χ2v) is 6.63. The van der Waals surface area contributed by atoms with Gasteiger partial charge in [0.15, 0.2) is 0 Å². The highest BCUT2D eigenvalue weighted by atomic mass is 16.2. The smallest absolute Gasteiger partial charge is 0.327 e. The van der Waals surface area contributed by atoms with Crippen LogP contribution in [0.3, 0.4) is 0 Å². The zero-order valence-corrected chi connectivity index (χ0v) is 14.1. The molecule has 1 aromatic carbocycles. The Morgan fingerprint density at radius 3 is 2.92 bits per heavy atom. The summed E-state index contributed by atoms with van der Waals surface area (Å²) in [5.41, 5.74) is 2.20. The SMILES string of the molecule is CN1C(=O)C2CN(C(=O)CCc3ccc4[nH]ccc4c3)CCN2C1=O. The Bertz CT molecular complexity index is 859. The van der Waals surface area contributed by atoms with E-state index in [2.05, 4.69) is 11.1 Å². The summed E-state index contributed by atoms with van der Waals surface area (Å²) in [4.78, 5) is 44.2. The predicted octanol–water partition coefficient (Wildman–Crippen LogP) is 1.21. The average molecular weight is 340 g/mol. The predicted molar refractivity (Wildman–Crippen MR) is 91.9 cm³/mol. The molecule has 7 heteroatoms. The third-order valence-electron chi connectivity index (χ3n) is 5.13. The molecule has 1 aromatic heterocycles. The Hall–Kier alpha value is -2.83. The van der Waals surface area contributed by atoms with Crippen molar-refractivity contribution in [2.75, 3.05) is 26.7 Å². The van der Waals surface area contributed by atoms with Crippen LogP contribution in [0.4, 0.5) is 4.79 Å². The number of aromatic nitrogens is 1. The number of H-pyrrole nitrogens is 1. The number of nitrogens with zero attached hydrogens (tertiary/aromatic N) is 3. The van der Waals surface area contributed by atoms with E-state index in [-0.39, 0.29) is 17.8 Å². The third-order valence-corrected chi connectivity index (χ3v) is 5.13.